The number of hydrogen-bond acceptors (Lipinski definition) is 4. The van der Waals surface area contributed by atoms with Gasteiger partial charge in [-0.25, -0.2) is 0 Å². The normalized spacial score (nSPS) is 19.0. The summed E-state index contributed by atoms with van der Waals surface area (Å²) in [4.78, 5) is 27.7. The predicted molar refractivity (Wildman–Crippen MR) is 94.0 cm³/mol. The smallest absolute Gasteiger partial charge is 0.262 e. The molecule has 4 rings (SSSR count). The maximum absolute atomic E-state index is 13.3. The Morgan fingerprint density at radius 1 is 1.25 bits per heavy atom. The average Bonchev–Trinajstić information content (AvgIpc) is 2.60. The molecule has 2 aromatic carbocycles. The third-order valence-corrected chi connectivity index (χ3v) is 5.44. The summed E-state index contributed by atoms with van der Waals surface area (Å²) in [5.74, 6) is 0.975. The molecular weight excluding hydrogens is 324 g/mol. The number of amides is 2. The molecule has 2 aromatic rings. The maximum Gasteiger partial charge on any atom is 0.262 e. The first-order valence-corrected chi connectivity index (χ1v) is 8.75. The van der Waals surface area contributed by atoms with Gasteiger partial charge in [-0.3, -0.25) is 9.59 Å². The van der Waals surface area contributed by atoms with E-state index in [9.17, 15) is 9.59 Å². The predicted octanol–water partition coefficient (Wildman–Crippen LogP) is 3.16. The van der Waals surface area contributed by atoms with E-state index in [4.69, 9.17) is 4.74 Å². The number of benzene rings is 2. The van der Waals surface area contributed by atoms with Crippen LogP contribution in [-0.2, 0) is 4.79 Å². The minimum absolute atomic E-state index is 0.0702. The van der Waals surface area contributed by atoms with Gasteiger partial charge in [0.2, 0.25) is 0 Å². The summed E-state index contributed by atoms with van der Waals surface area (Å²) in [5, 5.41) is 2.75. The van der Waals surface area contributed by atoms with Crippen LogP contribution in [-0.4, -0.2) is 30.2 Å². The Balaban J connectivity index is 1.77. The molecule has 0 spiro atoms. The Bertz CT molecular complexity index is 837. The lowest BCUT2D eigenvalue weighted by Gasteiger charge is -2.35. The number of nitrogens with one attached hydrogen (secondary N) is 1. The van der Waals surface area contributed by atoms with Crippen molar-refractivity contribution in [2.24, 2.45) is 0 Å². The summed E-state index contributed by atoms with van der Waals surface area (Å²) in [6.45, 7) is 1.97. The van der Waals surface area contributed by atoms with Crippen LogP contribution in [0.15, 0.2) is 47.4 Å². The summed E-state index contributed by atoms with van der Waals surface area (Å²) in [6.07, 6.45) is 0. The van der Waals surface area contributed by atoms with Crippen LogP contribution in [0.3, 0.4) is 0 Å². The van der Waals surface area contributed by atoms with Gasteiger partial charge in [0.25, 0.3) is 11.8 Å². The molecule has 2 aliphatic rings. The van der Waals surface area contributed by atoms with Gasteiger partial charge >= 0.3 is 0 Å². The molecule has 122 valence electrons. The zero-order valence-corrected chi connectivity index (χ0v) is 13.9. The van der Waals surface area contributed by atoms with Crippen molar-refractivity contribution in [2.45, 2.75) is 17.9 Å². The minimum atomic E-state index is -0.208. The van der Waals surface area contributed by atoms with E-state index < -0.39 is 0 Å². The van der Waals surface area contributed by atoms with E-state index in [2.05, 4.69) is 5.32 Å². The number of ether oxygens (including phenoxy) is 1. The lowest BCUT2D eigenvalue weighted by atomic mass is 10.1. The summed E-state index contributed by atoms with van der Waals surface area (Å²) in [6, 6.07) is 13.2. The second-order valence-corrected chi connectivity index (χ2v) is 6.88. The quantitative estimate of drug-likeness (QED) is 0.866. The standard InChI is InChI=1S/C18H16N2O3S/c1-11-10-24-15-8-3-2-7-14(15)20(11)18(22)12-5-4-6-13-17(12)23-9-16(21)19-13/h2-8,11H,9-10H2,1H3,(H,19,21)/t11-/m0/s1. The van der Waals surface area contributed by atoms with Gasteiger partial charge in [-0.1, -0.05) is 18.2 Å². The molecule has 0 bridgehead atoms. The first-order valence-electron chi connectivity index (χ1n) is 7.76. The number of para-hydroxylation sites is 2. The Morgan fingerprint density at radius 3 is 2.96 bits per heavy atom. The number of carbonyl (C=O) groups is 2. The van der Waals surface area contributed by atoms with Crippen molar-refractivity contribution in [1.82, 2.24) is 0 Å². The molecule has 2 amide bonds. The van der Waals surface area contributed by atoms with Crippen LogP contribution in [0.4, 0.5) is 11.4 Å². The molecule has 5 nitrogen and oxygen atoms in total. The first kappa shape index (κ1) is 15.1. The van der Waals surface area contributed by atoms with E-state index >= 15 is 0 Å². The van der Waals surface area contributed by atoms with Gasteiger partial charge in [-0.2, -0.15) is 0 Å². The molecule has 1 N–H and O–H groups in total. The van der Waals surface area contributed by atoms with Crippen LogP contribution >= 0.6 is 11.8 Å². The van der Waals surface area contributed by atoms with Gasteiger partial charge < -0.3 is 15.0 Å². The van der Waals surface area contributed by atoms with E-state index in [1.807, 2.05) is 36.1 Å². The molecule has 0 saturated carbocycles. The fraction of sp³-hybridized carbons (Fsp3) is 0.222. The molecule has 6 heteroatoms. The monoisotopic (exact) mass is 340 g/mol. The van der Waals surface area contributed by atoms with Gasteiger partial charge in [0.05, 0.1) is 16.9 Å². The maximum atomic E-state index is 13.3. The number of rotatable bonds is 1. The highest BCUT2D eigenvalue weighted by atomic mass is 32.2. The first-order chi connectivity index (χ1) is 11.6. The Morgan fingerprint density at radius 2 is 2.08 bits per heavy atom. The van der Waals surface area contributed by atoms with Crippen molar-refractivity contribution in [1.29, 1.82) is 0 Å². The molecular formula is C18H16N2O3S. The highest BCUT2D eigenvalue weighted by Gasteiger charge is 2.32. The number of anilines is 2. The number of fused-ring (bicyclic) bond motifs is 2. The number of hydrogen-bond donors (Lipinski definition) is 1. The van der Waals surface area contributed by atoms with Gasteiger partial charge in [0.15, 0.2) is 12.4 Å². The van der Waals surface area contributed by atoms with Crippen molar-refractivity contribution in [3.63, 3.8) is 0 Å². The molecule has 0 fully saturated rings. The Labute approximate surface area is 144 Å². The molecule has 0 saturated heterocycles. The molecule has 2 aliphatic heterocycles. The van der Waals surface area contributed by atoms with E-state index in [0.29, 0.717) is 17.0 Å². The largest absolute Gasteiger partial charge is 0.481 e. The summed E-state index contributed by atoms with van der Waals surface area (Å²) < 4.78 is 5.54. The van der Waals surface area contributed by atoms with Gasteiger partial charge in [0.1, 0.15) is 0 Å². The van der Waals surface area contributed by atoms with Gasteiger partial charge in [-0.15, -0.1) is 11.8 Å². The van der Waals surface area contributed by atoms with E-state index in [-0.39, 0.29) is 24.5 Å². The van der Waals surface area contributed by atoms with Crippen LogP contribution in [0.1, 0.15) is 17.3 Å². The Kier molecular flexibility index (Phi) is 3.69. The highest BCUT2D eigenvalue weighted by Crippen LogP contribution is 2.40. The topological polar surface area (TPSA) is 58.6 Å². The highest BCUT2D eigenvalue weighted by molar-refractivity contribution is 7.99. The molecule has 0 radical (unpaired) electrons. The summed E-state index contributed by atoms with van der Waals surface area (Å²) in [7, 11) is 0. The zero-order valence-electron chi connectivity index (χ0n) is 13.1. The van der Waals surface area contributed by atoms with Gasteiger partial charge in [-0.05, 0) is 31.2 Å². The molecule has 24 heavy (non-hydrogen) atoms. The third-order valence-electron chi connectivity index (χ3n) is 4.13. The molecule has 0 aromatic heterocycles. The molecule has 0 aliphatic carbocycles. The van der Waals surface area contributed by atoms with Crippen LogP contribution in [0, 0.1) is 0 Å². The number of thioether (sulfide) groups is 1. The van der Waals surface area contributed by atoms with E-state index in [0.717, 1.165) is 16.3 Å². The fourth-order valence-corrected chi connectivity index (χ4v) is 4.08. The van der Waals surface area contributed by atoms with Gasteiger partial charge in [0, 0.05) is 16.7 Å². The van der Waals surface area contributed by atoms with Crippen LogP contribution < -0.4 is 15.0 Å². The number of carbonyl (C=O) groups excluding carboxylic acids is 2. The fourth-order valence-electron chi connectivity index (χ4n) is 3.02. The summed E-state index contributed by atoms with van der Waals surface area (Å²) in [5.41, 5.74) is 1.94. The van der Waals surface area contributed by atoms with Crippen LogP contribution in [0.5, 0.6) is 5.75 Å². The summed E-state index contributed by atoms with van der Waals surface area (Å²) >= 11 is 1.76. The van der Waals surface area contributed by atoms with Crippen molar-refractivity contribution in [3.05, 3.63) is 48.0 Å². The Hall–Kier alpha value is -2.47. The van der Waals surface area contributed by atoms with Crippen molar-refractivity contribution in [3.8, 4) is 5.75 Å². The lowest BCUT2D eigenvalue weighted by molar-refractivity contribution is -0.118. The average molecular weight is 340 g/mol. The van der Waals surface area contributed by atoms with Crippen LogP contribution in [0.2, 0.25) is 0 Å². The lowest BCUT2D eigenvalue weighted by Crippen LogP contribution is -2.43. The van der Waals surface area contributed by atoms with Crippen LogP contribution in [0.25, 0.3) is 0 Å². The van der Waals surface area contributed by atoms with Crippen molar-refractivity contribution < 1.29 is 14.3 Å². The minimum Gasteiger partial charge on any atom is -0.481 e. The SMILES string of the molecule is C[C@H]1CSc2ccccc2N1C(=O)c1cccc2c1OCC(=O)N2. The zero-order chi connectivity index (χ0) is 16.7. The number of nitrogens with zero attached hydrogens (tertiary/aromatic N) is 1. The van der Waals surface area contributed by atoms with E-state index in [1.54, 1.807) is 30.0 Å². The second-order valence-electron chi connectivity index (χ2n) is 5.82. The molecule has 0 unspecified atom stereocenters. The van der Waals surface area contributed by atoms with Crippen molar-refractivity contribution >= 4 is 35.0 Å². The molecule has 1 atom stereocenters. The second kappa shape index (κ2) is 5.87. The van der Waals surface area contributed by atoms with E-state index in [1.165, 1.54) is 0 Å². The third kappa shape index (κ3) is 2.43. The molecule has 2 heterocycles. The van der Waals surface area contributed by atoms with Crippen molar-refractivity contribution in [2.75, 3.05) is 22.6 Å².